The van der Waals surface area contributed by atoms with Gasteiger partial charge < -0.3 is 14.3 Å². The number of nitrogens with one attached hydrogen (secondary N) is 1. The van der Waals surface area contributed by atoms with Gasteiger partial charge in [0.15, 0.2) is 17.3 Å². The highest BCUT2D eigenvalue weighted by Gasteiger charge is 2.11. The fourth-order valence-corrected chi connectivity index (χ4v) is 2.12. The van der Waals surface area contributed by atoms with E-state index in [0.717, 1.165) is 5.39 Å². The molecule has 0 aliphatic heterocycles. The number of carbonyl (C=O) groups is 1. The average Bonchev–Trinajstić information content (AvgIpc) is 3.00. The molecule has 3 aromatic rings. The van der Waals surface area contributed by atoms with Gasteiger partial charge in [-0.25, -0.2) is 5.43 Å². The number of methoxy groups -OCH3 is 1. The van der Waals surface area contributed by atoms with Crippen molar-refractivity contribution in [3.05, 3.63) is 59.9 Å². The molecule has 0 radical (unpaired) electrons. The molecule has 6 heteroatoms. The Morgan fingerprint density at radius 1 is 1.26 bits per heavy atom. The maximum absolute atomic E-state index is 12.0. The second-order valence-electron chi connectivity index (χ2n) is 4.75. The van der Waals surface area contributed by atoms with Crippen molar-refractivity contribution in [3.63, 3.8) is 0 Å². The molecule has 2 aromatic carbocycles. The van der Waals surface area contributed by atoms with Crippen LogP contribution >= 0.6 is 0 Å². The minimum atomic E-state index is -0.472. The molecule has 0 fully saturated rings. The number of para-hydroxylation sites is 2. The number of benzene rings is 2. The van der Waals surface area contributed by atoms with E-state index in [0.29, 0.717) is 16.9 Å². The summed E-state index contributed by atoms with van der Waals surface area (Å²) >= 11 is 0. The summed E-state index contributed by atoms with van der Waals surface area (Å²) < 4.78 is 10.4. The maximum Gasteiger partial charge on any atom is 0.307 e. The van der Waals surface area contributed by atoms with Gasteiger partial charge in [-0.15, -0.1) is 0 Å². The predicted octanol–water partition coefficient (Wildman–Crippen LogP) is 2.91. The third-order valence-electron chi connectivity index (χ3n) is 3.27. The number of ether oxygens (including phenoxy) is 1. The number of hydrazone groups is 1. The zero-order valence-corrected chi connectivity index (χ0v) is 12.3. The van der Waals surface area contributed by atoms with E-state index in [4.69, 9.17) is 9.15 Å². The third kappa shape index (κ3) is 3.01. The lowest BCUT2D eigenvalue weighted by Crippen LogP contribution is -2.16. The summed E-state index contributed by atoms with van der Waals surface area (Å²) in [5, 5.41) is 14.6. The van der Waals surface area contributed by atoms with Crippen molar-refractivity contribution >= 4 is 23.1 Å². The molecule has 1 amide bonds. The van der Waals surface area contributed by atoms with E-state index in [1.165, 1.54) is 13.3 Å². The molecule has 0 saturated heterocycles. The molecular formula is C17H14N2O4. The Hall–Kier alpha value is -3.28. The Bertz CT molecular complexity index is 850. The highest BCUT2D eigenvalue weighted by atomic mass is 16.5. The second kappa shape index (κ2) is 6.23. The fourth-order valence-electron chi connectivity index (χ4n) is 2.12. The molecule has 23 heavy (non-hydrogen) atoms. The summed E-state index contributed by atoms with van der Waals surface area (Å²) in [4.78, 5) is 12.0. The van der Waals surface area contributed by atoms with Crippen LogP contribution in [0.3, 0.4) is 0 Å². The zero-order chi connectivity index (χ0) is 16.2. The number of phenolic OH excluding ortho intramolecular Hbond substituents is 1. The van der Waals surface area contributed by atoms with Crippen LogP contribution in [0.25, 0.3) is 11.0 Å². The van der Waals surface area contributed by atoms with Crippen LogP contribution in [0.15, 0.2) is 58.0 Å². The SMILES string of the molecule is COc1cccc(/C=N/NC(=O)c2cc3ccccc3o2)c1O. The van der Waals surface area contributed by atoms with E-state index in [1.54, 1.807) is 30.3 Å². The first-order valence-electron chi connectivity index (χ1n) is 6.87. The summed E-state index contributed by atoms with van der Waals surface area (Å²) in [5.41, 5.74) is 3.41. The second-order valence-corrected chi connectivity index (χ2v) is 4.75. The van der Waals surface area contributed by atoms with Crippen molar-refractivity contribution in [2.75, 3.05) is 7.11 Å². The molecular weight excluding hydrogens is 296 g/mol. The summed E-state index contributed by atoms with van der Waals surface area (Å²) in [5.74, 6) is -0.0210. The highest BCUT2D eigenvalue weighted by Crippen LogP contribution is 2.27. The van der Waals surface area contributed by atoms with Gasteiger partial charge in [0.25, 0.3) is 0 Å². The molecule has 6 nitrogen and oxygen atoms in total. The molecule has 0 bridgehead atoms. The Morgan fingerprint density at radius 2 is 2.09 bits per heavy atom. The molecule has 116 valence electrons. The Kier molecular flexibility index (Phi) is 3.97. The molecule has 0 aliphatic carbocycles. The third-order valence-corrected chi connectivity index (χ3v) is 3.27. The van der Waals surface area contributed by atoms with Crippen molar-refractivity contribution < 1.29 is 19.1 Å². The lowest BCUT2D eigenvalue weighted by molar-refractivity contribution is 0.0929. The van der Waals surface area contributed by atoms with E-state index >= 15 is 0 Å². The number of fused-ring (bicyclic) bond motifs is 1. The maximum atomic E-state index is 12.0. The monoisotopic (exact) mass is 310 g/mol. The van der Waals surface area contributed by atoms with Crippen LogP contribution in [0.5, 0.6) is 11.5 Å². The number of hydrogen-bond donors (Lipinski definition) is 2. The minimum absolute atomic E-state index is 0.0447. The smallest absolute Gasteiger partial charge is 0.307 e. The Morgan fingerprint density at radius 3 is 2.87 bits per heavy atom. The van der Waals surface area contributed by atoms with Crippen LogP contribution in [-0.4, -0.2) is 24.3 Å². The van der Waals surface area contributed by atoms with Crippen LogP contribution in [-0.2, 0) is 0 Å². The van der Waals surface area contributed by atoms with Crippen molar-refractivity contribution in [1.29, 1.82) is 0 Å². The number of aromatic hydroxyl groups is 1. The summed E-state index contributed by atoms with van der Waals surface area (Å²) in [6, 6.07) is 14.0. The van der Waals surface area contributed by atoms with Crippen molar-refractivity contribution in [2.24, 2.45) is 5.10 Å². The molecule has 1 aromatic heterocycles. The molecule has 2 N–H and O–H groups in total. The number of hydrogen-bond acceptors (Lipinski definition) is 5. The van der Waals surface area contributed by atoms with E-state index in [1.807, 2.05) is 18.2 Å². The zero-order valence-electron chi connectivity index (χ0n) is 12.3. The first kappa shape index (κ1) is 14.6. The highest BCUT2D eigenvalue weighted by molar-refractivity contribution is 5.96. The topological polar surface area (TPSA) is 84.1 Å². The van der Waals surface area contributed by atoms with Gasteiger partial charge in [0.1, 0.15) is 5.58 Å². The van der Waals surface area contributed by atoms with E-state index in [2.05, 4.69) is 10.5 Å². The lowest BCUT2D eigenvalue weighted by Gasteiger charge is -2.04. The van der Waals surface area contributed by atoms with Gasteiger partial charge in [0.05, 0.1) is 13.3 Å². The standard InChI is InChI=1S/C17H14N2O4/c1-22-14-8-4-6-12(16(14)20)10-18-19-17(21)15-9-11-5-2-3-7-13(11)23-15/h2-10,20H,1H3,(H,19,21)/b18-10+. The number of nitrogens with zero attached hydrogens (tertiary/aromatic N) is 1. The predicted molar refractivity (Wildman–Crippen MR) is 85.9 cm³/mol. The van der Waals surface area contributed by atoms with Gasteiger partial charge in [-0.1, -0.05) is 24.3 Å². The molecule has 0 unspecified atom stereocenters. The van der Waals surface area contributed by atoms with Crippen molar-refractivity contribution in [1.82, 2.24) is 5.43 Å². The van der Waals surface area contributed by atoms with Crippen LogP contribution in [0, 0.1) is 0 Å². The van der Waals surface area contributed by atoms with Crippen molar-refractivity contribution in [2.45, 2.75) is 0 Å². The van der Waals surface area contributed by atoms with Crippen LogP contribution in [0.4, 0.5) is 0 Å². The normalized spacial score (nSPS) is 11.0. The number of furan rings is 1. The van der Waals surface area contributed by atoms with E-state index in [9.17, 15) is 9.90 Å². The molecule has 0 atom stereocenters. The number of carbonyl (C=O) groups excluding carboxylic acids is 1. The van der Waals surface area contributed by atoms with Gasteiger partial charge in [-0.05, 0) is 24.3 Å². The minimum Gasteiger partial charge on any atom is -0.504 e. The lowest BCUT2D eigenvalue weighted by atomic mass is 10.2. The van der Waals surface area contributed by atoms with Gasteiger partial charge in [0, 0.05) is 10.9 Å². The van der Waals surface area contributed by atoms with Gasteiger partial charge >= 0.3 is 5.91 Å². The first-order valence-corrected chi connectivity index (χ1v) is 6.87. The van der Waals surface area contributed by atoms with Crippen LogP contribution < -0.4 is 10.2 Å². The van der Waals surface area contributed by atoms with Crippen LogP contribution in [0.1, 0.15) is 16.1 Å². The Balaban J connectivity index is 1.73. The largest absolute Gasteiger partial charge is 0.504 e. The van der Waals surface area contributed by atoms with Crippen molar-refractivity contribution in [3.8, 4) is 11.5 Å². The summed E-state index contributed by atoms with van der Waals surface area (Å²) in [6.07, 6.45) is 1.33. The first-order chi connectivity index (χ1) is 11.2. The fraction of sp³-hybridized carbons (Fsp3) is 0.0588. The number of amides is 1. The summed E-state index contributed by atoms with van der Waals surface area (Å²) in [7, 11) is 1.46. The molecule has 0 spiro atoms. The quantitative estimate of drug-likeness (QED) is 0.573. The number of rotatable bonds is 4. The van der Waals surface area contributed by atoms with E-state index in [-0.39, 0.29) is 11.5 Å². The molecule has 3 rings (SSSR count). The number of phenols is 1. The average molecular weight is 310 g/mol. The Labute approximate surface area is 132 Å². The molecule has 0 aliphatic rings. The van der Waals surface area contributed by atoms with Gasteiger partial charge in [-0.2, -0.15) is 5.10 Å². The molecule has 0 saturated carbocycles. The van der Waals surface area contributed by atoms with Crippen LogP contribution in [0.2, 0.25) is 0 Å². The van der Waals surface area contributed by atoms with Gasteiger partial charge in [0.2, 0.25) is 0 Å². The van der Waals surface area contributed by atoms with E-state index < -0.39 is 5.91 Å². The van der Waals surface area contributed by atoms with Gasteiger partial charge in [-0.3, -0.25) is 4.79 Å². The summed E-state index contributed by atoms with van der Waals surface area (Å²) in [6.45, 7) is 0. The molecule has 1 heterocycles.